The zero-order chi connectivity index (χ0) is 14.7. The summed E-state index contributed by atoms with van der Waals surface area (Å²) in [6.45, 7) is 3.50. The van der Waals surface area contributed by atoms with Gasteiger partial charge < -0.3 is 4.74 Å². The molecule has 104 valence electrons. The molecule has 0 fully saturated rings. The van der Waals surface area contributed by atoms with Gasteiger partial charge in [0.25, 0.3) is 0 Å². The summed E-state index contributed by atoms with van der Waals surface area (Å²) in [6, 6.07) is 9.90. The number of benzene rings is 2. The van der Waals surface area contributed by atoms with Crippen molar-refractivity contribution in [2.75, 3.05) is 0 Å². The maximum atomic E-state index is 13.3. The van der Waals surface area contributed by atoms with E-state index in [1.807, 2.05) is 13.0 Å². The van der Waals surface area contributed by atoms with Crippen molar-refractivity contribution in [2.24, 2.45) is 0 Å². The van der Waals surface area contributed by atoms with Crippen molar-refractivity contribution in [3.05, 3.63) is 63.9 Å². The Morgan fingerprint density at radius 1 is 1.30 bits per heavy atom. The van der Waals surface area contributed by atoms with Gasteiger partial charge in [-0.25, -0.2) is 4.39 Å². The Labute approximate surface area is 122 Å². The number of rotatable bonds is 4. The van der Waals surface area contributed by atoms with Crippen molar-refractivity contribution in [2.45, 2.75) is 20.5 Å². The molecule has 0 heterocycles. The van der Waals surface area contributed by atoms with E-state index in [1.165, 1.54) is 13.0 Å². The predicted molar refractivity (Wildman–Crippen MR) is 76.9 cm³/mol. The molecule has 2 rings (SSSR count). The fraction of sp³-hybridized carbons (Fsp3) is 0.188. The van der Waals surface area contributed by atoms with Crippen LogP contribution < -0.4 is 4.74 Å². The van der Waals surface area contributed by atoms with E-state index in [-0.39, 0.29) is 17.4 Å². The van der Waals surface area contributed by atoms with Crippen molar-refractivity contribution in [3.8, 4) is 5.75 Å². The van der Waals surface area contributed by atoms with Crippen LogP contribution in [0.2, 0.25) is 5.02 Å². The van der Waals surface area contributed by atoms with Crippen LogP contribution in [0.4, 0.5) is 4.39 Å². The van der Waals surface area contributed by atoms with Gasteiger partial charge in [-0.1, -0.05) is 29.8 Å². The fourth-order valence-electron chi connectivity index (χ4n) is 1.86. The van der Waals surface area contributed by atoms with Gasteiger partial charge in [0.15, 0.2) is 5.78 Å². The fourth-order valence-corrected chi connectivity index (χ4v) is 2.04. The zero-order valence-corrected chi connectivity index (χ0v) is 12.0. The quantitative estimate of drug-likeness (QED) is 0.772. The number of ether oxygens (including phenoxy) is 1. The summed E-state index contributed by atoms with van der Waals surface area (Å²) in [5.41, 5.74) is 2.03. The number of halogens is 2. The summed E-state index contributed by atoms with van der Waals surface area (Å²) >= 11 is 5.87. The van der Waals surface area contributed by atoms with Crippen molar-refractivity contribution < 1.29 is 13.9 Å². The van der Waals surface area contributed by atoms with E-state index in [2.05, 4.69) is 0 Å². The third-order valence-corrected chi connectivity index (χ3v) is 3.35. The minimum Gasteiger partial charge on any atom is -0.488 e. The number of aryl methyl sites for hydroxylation is 1. The molecule has 0 unspecified atom stereocenters. The van der Waals surface area contributed by atoms with Crippen LogP contribution in [0.15, 0.2) is 36.4 Å². The second-order valence-corrected chi connectivity index (χ2v) is 4.94. The minimum absolute atomic E-state index is 0.0459. The van der Waals surface area contributed by atoms with Gasteiger partial charge in [0.05, 0.1) is 10.6 Å². The highest BCUT2D eigenvalue weighted by Gasteiger charge is 2.11. The molecule has 2 nitrogen and oxygen atoms in total. The van der Waals surface area contributed by atoms with E-state index in [0.29, 0.717) is 16.9 Å². The van der Waals surface area contributed by atoms with Crippen LogP contribution in [-0.4, -0.2) is 5.78 Å². The highest BCUT2D eigenvalue weighted by Crippen LogP contribution is 2.25. The lowest BCUT2D eigenvalue weighted by molar-refractivity contribution is 0.101. The first-order valence-electron chi connectivity index (χ1n) is 6.16. The summed E-state index contributed by atoms with van der Waals surface area (Å²) in [6.07, 6.45) is 0. The Bertz CT molecular complexity index is 653. The van der Waals surface area contributed by atoms with Crippen molar-refractivity contribution in [1.82, 2.24) is 0 Å². The average Bonchev–Trinajstić information content (AvgIpc) is 2.40. The molecule has 20 heavy (non-hydrogen) atoms. The Hall–Kier alpha value is -1.87. The molecule has 0 aliphatic carbocycles. The second-order valence-electron chi connectivity index (χ2n) is 4.56. The predicted octanol–water partition coefficient (Wildman–Crippen LogP) is 4.57. The van der Waals surface area contributed by atoms with Crippen molar-refractivity contribution >= 4 is 17.4 Å². The maximum absolute atomic E-state index is 13.3. The molecule has 4 heteroatoms. The molecule has 0 spiro atoms. The Kier molecular flexibility index (Phi) is 4.40. The van der Waals surface area contributed by atoms with Crippen LogP contribution >= 0.6 is 11.6 Å². The topological polar surface area (TPSA) is 26.3 Å². The van der Waals surface area contributed by atoms with Crippen LogP contribution in [0.5, 0.6) is 5.75 Å². The number of carbonyl (C=O) groups excluding carboxylic acids is 1. The largest absolute Gasteiger partial charge is 0.488 e. The third-order valence-electron chi connectivity index (χ3n) is 2.93. The normalized spacial score (nSPS) is 10.4. The van der Waals surface area contributed by atoms with Crippen LogP contribution in [-0.2, 0) is 6.61 Å². The van der Waals surface area contributed by atoms with Gasteiger partial charge in [-0.15, -0.1) is 0 Å². The first kappa shape index (κ1) is 14.5. The van der Waals surface area contributed by atoms with Crippen LogP contribution in [0.3, 0.4) is 0 Å². The van der Waals surface area contributed by atoms with Crippen LogP contribution in [0.1, 0.15) is 28.4 Å². The average molecular weight is 293 g/mol. The number of ketones is 1. The Morgan fingerprint density at radius 3 is 2.75 bits per heavy atom. The standard InChI is InChI=1S/C16H14ClFO2/c1-10-6-7-13(11(2)19)15(8-10)20-9-12-4-3-5-14(18)16(12)17/h3-8H,9H2,1-2H3. The summed E-state index contributed by atoms with van der Waals surface area (Å²) in [7, 11) is 0. The first-order chi connectivity index (χ1) is 9.49. The molecule has 0 aromatic heterocycles. The number of carbonyl (C=O) groups is 1. The molecule has 2 aromatic carbocycles. The van der Waals surface area contributed by atoms with E-state index in [9.17, 15) is 9.18 Å². The zero-order valence-electron chi connectivity index (χ0n) is 11.2. The molecule has 0 atom stereocenters. The summed E-state index contributed by atoms with van der Waals surface area (Å²) < 4.78 is 19.0. The molecule has 0 saturated heterocycles. The monoisotopic (exact) mass is 292 g/mol. The van der Waals surface area contributed by atoms with E-state index in [1.54, 1.807) is 24.3 Å². The number of hydrogen-bond donors (Lipinski definition) is 0. The Morgan fingerprint density at radius 2 is 2.05 bits per heavy atom. The minimum atomic E-state index is -0.483. The van der Waals surface area contributed by atoms with Gasteiger partial charge >= 0.3 is 0 Å². The van der Waals surface area contributed by atoms with Crippen molar-refractivity contribution in [3.63, 3.8) is 0 Å². The van der Waals surface area contributed by atoms with Crippen LogP contribution in [0, 0.1) is 12.7 Å². The molecule has 0 amide bonds. The van der Waals surface area contributed by atoms with Gasteiger partial charge in [0.2, 0.25) is 0 Å². The van der Waals surface area contributed by atoms with Crippen molar-refractivity contribution in [1.29, 1.82) is 0 Å². The molecule has 0 saturated carbocycles. The lowest BCUT2D eigenvalue weighted by Gasteiger charge is -2.12. The highest BCUT2D eigenvalue weighted by atomic mass is 35.5. The van der Waals surface area contributed by atoms with E-state index < -0.39 is 5.82 Å². The summed E-state index contributed by atoms with van der Waals surface area (Å²) in [5, 5.41) is 0.0459. The van der Waals surface area contributed by atoms with Gasteiger partial charge in [-0.05, 0) is 37.6 Å². The summed E-state index contributed by atoms with van der Waals surface area (Å²) in [4.78, 5) is 11.5. The number of Topliss-reactive ketones (excluding diaryl/α,β-unsaturated/α-hetero) is 1. The summed E-state index contributed by atoms with van der Waals surface area (Å²) in [5.74, 6) is -0.0769. The molecule has 2 aromatic rings. The van der Waals surface area contributed by atoms with Gasteiger partial charge in [0, 0.05) is 5.56 Å². The van der Waals surface area contributed by atoms with E-state index in [0.717, 1.165) is 5.56 Å². The SMILES string of the molecule is CC(=O)c1ccc(C)cc1OCc1cccc(F)c1Cl. The Balaban J connectivity index is 2.24. The molecule has 0 aliphatic rings. The lowest BCUT2D eigenvalue weighted by atomic mass is 10.1. The van der Waals surface area contributed by atoms with Crippen LogP contribution in [0.25, 0.3) is 0 Å². The molecule has 0 radical (unpaired) electrons. The second kappa shape index (κ2) is 6.06. The number of hydrogen-bond acceptors (Lipinski definition) is 2. The lowest BCUT2D eigenvalue weighted by Crippen LogP contribution is -2.03. The van der Waals surface area contributed by atoms with E-state index >= 15 is 0 Å². The molecule has 0 N–H and O–H groups in total. The molecule has 0 bridgehead atoms. The van der Waals surface area contributed by atoms with E-state index in [4.69, 9.17) is 16.3 Å². The van der Waals surface area contributed by atoms with Gasteiger partial charge in [-0.3, -0.25) is 4.79 Å². The van der Waals surface area contributed by atoms with Gasteiger partial charge in [0.1, 0.15) is 18.2 Å². The third kappa shape index (κ3) is 3.17. The smallest absolute Gasteiger partial charge is 0.163 e. The molecular formula is C16H14ClFO2. The molecular weight excluding hydrogens is 279 g/mol. The first-order valence-corrected chi connectivity index (χ1v) is 6.54. The highest BCUT2D eigenvalue weighted by molar-refractivity contribution is 6.31. The maximum Gasteiger partial charge on any atom is 0.163 e. The van der Waals surface area contributed by atoms with Gasteiger partial charge in [-0.2, -0.15) is 0 Å². The molecule has 0 aliphatic heterocycles.